The minimum absolute atomic E-state index is 0.220. The monoisotopic (exact) mass is 312 g/mol. The van der Waals surface area contributed by atoms with E-state index < -0.39 is 5.91 Å². The summed E-state index contributed by atoms with van der Waals surface area (Å²) in [6.07, 6.45) is 0. The number of rotatable bonds is 6. The van der Waals surface area contributed by atoms with Crippen molar-refractivity contribution in [3.63, 3.8) is 0 Å². The van der Waals surface area contributed by atoms with Gasteiger partial charge in [-0.05, 0) is 41.8 Å². The molecule has 5 heteroatoms. The van der Waals surface area contributed by atoms with Crippen LogP contribution in [-0.2, 0) is 4.79 Å². The van der Waals surface area contributed by atoms with Gasteiger partial charge in [-0.3, -0.25) is 9.59 Å². The number of anilines is 1. The van der Waals surface area contributed by atoms with E-state index in [-0.39, 0.29) is 12.5 Å². The molecule has 0 aromatic heterocycles. The van der Waals surface area contributed by atoms with Gasteiger partial charge in [0.2, 0.25) is 0 Å². The van der Waals surface area contributed by atoms with Gasteiger partial charge in [0.25, 0.3) is 11.8 Å². The molecular formula is C18H20N2O3. The molecule has 3 N–H and O–H groups in total. The van der Waals surface area contributed by atoms with E-state index in [0.29, 0.717) is 17.2 Å². The Kier molecular flexibility index (Phi) is 5.36. The predicted octanol–water partition coefficient (Wildman–Crippen LogP) is 2.93. The molecule has 2 aromatic carbocycles. The molecule has 0 radical (unpaired) electrons. The van der Waals surface area contributed by atoms with Gasteiger partial charge in [0.05, 0.1) is 0 Å². The molecule has 0 aliphatic heterocycles. The normalized spacial score (nSPS) is 10.4. The van der Waals surface area contributed by atoms with E-state index in [1.54, 1.807) is 24.3 Å². The van der Waals surface area contributed by atoms with E-state index in [1.807, 2.05) is 24.3 Å². The molecule has 23 heavy (non-hydrogen) atoms. The third-order valence-corrected chi connectivity index (χ3v) is 3.31. The van der Waals surface area contributed by atoms with Crippen molar-refractivity contribution in [2.75, 3.05) is 11.9 Å². The number of primary amides is 1. The number of carbonyl (C=O) groups is 2. The molecular weight excluding hydrogens is 292 g/mol. The topological polar surface area (TPSA) is 81.4 Å². The minimum atomic E-state index is -0.565. The number of amides is 2. The maximum atomic E-state index is 12.3. The van der Waals surface area contributed by atoms with Crippen LogP contribution in [0.15, 0.2) is 48.5 Å². The maximum Gasteiger partial charge on any atom is 0.255 e. The fourth-order valence-electron chi connectivity index (χ4n) is 2.04. The largest absolute Gasteiger partial charge is 0.484 e. The quantitative estimate of drug-likeness (QED) is 0.860. The zero-order valence-electron chi connectivity index (χ0n) is 13.2. The lowest BCUT2D eigenvalue weighted by Crippen LogP contribution is -2.20. The Morgan fingerprint density at radius 2 is 1.83 bits per heavy atom. The van der Waals surface area contributed by atoms with Crippen LogP contribution in [0.25, 0.3) is 0 Å². The van der Waals surface area contributed by atoms with E-state index in [1.165, 1.54) is 5.56 Å². The predicted molar refractivity (Wildman–Crippen MR) is 89.6 cm³/mol. The van der Waals surface area contributed by atoms with Crippen LogP contribution in [-0.4, -0.2) is 18.4 Å². The number of nitrogens with one attached hydrogen (secondary N) is 1. The SMILES string of the molecule is CC(C)c1ccc(NC(=O)c2cccc(OCC(N)=O)c2)cc1. The minimum Gasteiger partial charge on any atom is -0.484 e. The molecule has 0 atom stereocenters. The second-order valence-corrected chi connectivity index (χ2v) is 5.51. The van der Waals surface area contributed by atoms with Crippen molar-refractivity contribution in [1.29, 1.82) is 0 Å². The fraction of sp³-hybridized carbons (Fsp3) is 0.222. The van der Waals surface area contributed by atoms with Crippen LogP contribution in [0.5, 0.6) is 5.75 Å². The Labute approximate surface area is 135 Å². The first-order valence-electron chi connectivity index (χ1n) is 7.38. The van der Waals surface area contributed by atoms with Crippen molar-refractivity contribution in [3.05, 3.63) is 59.7 Å². The standard InChI is InChI=1S/C18H20N2O3/c1-12(2)13-6-8-15(9-7-13)20-18(22)14-4-3-5-16(10-14)23-11-17(19)21/h3-10,12H,11H2,1-2H3,(H2,19,21)(H,20,22). The van der Waals surface area contributed by atoms with Crippen molar-refractivity contribution in [2.45, 2.75) is 19.8 Å². The van der Waals surface area contributed by atoms with Crippen molar-refractivity contribution in [2.24, 2.45) is 5.73 Å². The highest BCUT2D eigenvalue weighted by Gasteiger charge is 2.08. The Morgan fingerprint density at radius 3 is 2.43 bits per heavy atom. The third kappa shape index (κ3) is 4.85. The Morgan fingerprint density at radius 1 is 1.13 bits per heavy atom. The smallest absolute Gasteiger partial charge is 0.255 e. The lowest BCUT2D eigenvalue weighted by Gasteiger charge is -2.09. The number of carbonyl (C=O) groups excluding carboxylic acids is 2. The summed E-state index contributed by atoms with van der Waals surface area (Å²) >= 11 is 0. The third-order valence-electron chi connectivity index (χ3n) is 3.31. The summed E-state index contributed by atoms with van der Waals surface area (Å²) in [4.78, 5) is 23.0. The molecule has 2 amide bonds. The molecule has 0 bridgehead atoms. The Balaban J connectivity index is 2.05. The second-order valence-electron chi connectivity index (χ2n) is 5.51. The van der Waals surface area contributed by atoms with Crippen LogP contribution >= 0.6 is 0 Å². The number of hydrogen-bond donors (Lipinski definition) is 2. The molecule has 2 aromatic rings. The van der Waals surface area contributed by atoms with E-state index in [4.69, 9.17) is 10.5 Å². The van der Waals surface area contributed by atoms with Gasteiger partial charge in [0, 0.05) is 11.3 Å². The van der Waals surface area contributed by atoms with Gasteiger partial charge in [-0.15, -0.1) is 0 Å². The van der Waals surface area contributed by atoms with Crippen molar-refractivity contribution < 1.29 is 14.3 Å². The summed E-state index contributed by atoms with van der Waals surface area (Å²) in [6.45, 7) is 4.01. The zero-order chi connectivity index (χ0) is 16.8. The number of hydrogen-bond acceptors (Lipinski definition) is 3. The highest BCUT2D eigenvalue weighted by molar-refractivity contribution is 6.04. The van der Waals surface area contributed by atoms with Crippen molar-refractivity contribution >= 4 is 17.5 Å². The van der Waals surface area contributed by atoms with Gasteiger partial charge >= 0.3 is 0 Å². The molecule has 0 saturated heterocycles. The lowest BCUT2D eigenvalue weighted by atomic mass is 10.0. The highest BCUT2D eigenvalue weighted by Crippen LogP contribution is 2.19. The second kappa shape index (κ2) is 7.45. The van der Waals surface area contributed by atoms with Crippen LogP contribution in [0.4, 0.5) is 5.69 Å². The molecule has 5 nitrogen and oxygen atoms in total. The van der Waals surface area contributed by atoms with E-state index in [0.717, 1.165) is 5.69 Å². The fourth-order valence-corrected chi connectivity index (χ4v) is 2.04. The first-order chi connectivity index (χ1) is 11.0. The van der Waals surface area contributed by atoms with E-state index in [2.05, 4.69) is 19.2 Å². The molecule has 0 aliphatic rings. The zero-order valence-corrected chi connectivity index (χ0v) is 13.2. The average Bonchev–Trinajstić information content (AvgIpc) is 2.53. The Bertz CT molecular complexity index is 694. The van der Waals surface area contributed by atoms with Gasteiger partial charge < -0.3 is 15.8 Å². The first-order valence-corrected chi connectivity index (χ1v) is 7.38. The highest BCUT2D eigenvalue weighted by atomic mass is 16.5. The first kappa shape index (κ1) is 16.5. The Hall–Kier alpha value is -2.82. The van der Waals surface area contributed by atoms with Gasteiger partial charge in [-0.2, -0.15) is 0 Å². The molecule has 120 valence electrons. The van der Waals surface area contributed by atoms with Crippen LogP contribution in [0.3, 0.4) is 0 Å². The van der Waals surface area contributed by atoms with Gasteiger partial charge in [0.15, 0.2) is 6.61 Å². The average molecular weight is 312 g/mol. The van der Waals surface area contributed by atoms with E-state index in [9.17, 15) is 9.59 Å². The van der Waals surface area contributed by atoms with Gasteiger partial charge in [-0.25, -0.2) is 0 Å². The van der Waals surface area contributed by atoms with Crippen molar-refractivity contribution in [1.82, 2.24) is 0 Å². The molecule has 0 fully saturated rings. The molecule has 2 rings (SSSR count). The summed E-state index contributed by atoms with van der Waals surface area (Å²) in [5.74, 6) is 0.0577. The molecule has 0 aliphatic carbocycles. The summed E-state index contributed by atoms with van der Waals surface area (Å²) in [5.41, 5.74) is 7.41. The van der Waals surface area contributed by atoms with Crippen LogP contribution in [0.2, 0.25) is 0 Å². The van der Waals surface area contributed by atoms with Crippen LogP contribution < -0.4 is 15.8 Å². The summed E-state index contributed by atoms with van der Waals surface area (Å²) in [7, 11) is 0. The summed E-state index contributed by atoms with van der Waals surface area (Å²) in [6, 6.07) is 14.3. The van der Waals surface area contributed by atoms with E-state index >= 15 is 0 Å². The lowest BCUT2D eigenvalue weighted by molar-refractivity contribution is -0.119. The summed E-state index contributed by atoms with van der Waals surface area (Å²) < 4.78 is 5.20. The summed E-state index contributed by atoms with van der Waals surface area (Å²) in [5, 5.41) is 2.83. The molecule has 0 spiro atoms. The molecule has 0 unspecified atom stereocenters. The van der Waals surface area contributed by atoms with Crippen LogP contribution in [0, 0.1) is 0 Å². The van der Waals surface area contributed by atoms with Gasteiger partial charge in [0.1, 0.15) is 5.75 Å². The number of ether oxygens (including phenoxy) is 1. The maximum absolute atomic E-state index is 12.3. The van der Waals surface area contributed by atoms with Crippen molar-refractivity contribution in [3.8, 4) is 5.75 Å². The molecule has 0 saturated carbocycles. The molecule has 0 heterocycles. The van der Waals surface area contributed by atoms with Gasteiger partial charge in [-0.1, -0.05) is 32.0 Å². The van der Waals surface area contributed by atoms with Crippen LogP contribution in [0.1, 0.15) is 35.7 Å². The number of nitrogens with two attached hydrogens (primary N) is 1. The number of benzene rings is 2.